The average Bonchev–Trinajstić information content (AvgIpc) is 3.31. The lowest BCUT2D eigenvalue weighted by Crippen LogP contribution is -2.64. The zero-order chi connectivity index (χ0) is 49.2. The molecule has 1 aliphatic rings. The van der Waals surface area contributed by atoms with E-state index in [1.165, 1.54) is 161 Å². The van der Waals surface area contributed by atoms with Crippen LogP contribution < -0.4 is 0 Å². The van der Waals surface area contributed by atoms with Crippen LogP contribution in [0, 0.1) is 0 Å². The van der Waals surface area contributed by atoms with Gasteiger partial charge in [0.05, 0.1) is 6.61 Å². The smallest absolute Gasteiger partial charge is 0.462 e. The van der Waals surface area contributed by atoms with Crippen molar-refractivity contribution < 1.29 is 63.1 Å². The number of ether oxygens (including phenoxy) is 2. The van der Waals surface area contributed by atoms with Crippen LogP contribution in [0.15, 0.2) is 24.3 Å². The molecular formula is C53H99O13P. The van der Waals surface area contributed by atoms with E-state index in [2.05, 4.69) is 32.1 Å². The number of aliphatic hydroxyl groups is 5. The predicted molar refractivity (Wildman–Crippen MR) is 267 cm³/mol. The number of carbonyl (C=O) groups excluding carboxylic acids is 2. The number of unbranched alkanes of at least 4 members (excludes halogenated alkanes) is 30. The van der Waals surface area contributed by atoms with Gasteiger partial charge in [-0.15, -0.1) is 0 Å². The molecule has 0 heterocycles. The molecule has 1 aliphatic carbocycles. The highest BCUT2D eigenvalue weighted by molar-refractivity contribution is 7.47. The molecule has 0 radical (unpaired) electrons. The molecule has 1 rings (SSSR count). The maximum absolute atomic E-state index is 12.9. The van der Waals surface area contributed by atoms with Gasteiger partial charge in [-0.3, -0.25) is 18.6 Å². The Balaban J connectivity index is 2.38. The quantitative estimate of drug-likeness (QED) is 0.0145. The maximum atomic E-state index is 12.9. The molecule has 0 saturated heterocycles. The molecule has 394 valence electrons. The van der Waals surface area contributed by atoms with Gasteiger partial charge >= 0.3 is 19.8 Å². The number of aliphatic hydroxyl groups excluding tert-OH is 5. The van der Waals surface area contributed by atoms with Crippen LogP contribution in [-0.4, -0.2) is 98.3 Å². The van der Waals surface area contributed by atoms with Gasteiger partial charge in [0.2, 0.25) is 0 Å². The van der Waals surface area contributed by atoms with Crippen molar-refractivity contribution in [2.45, 2.75) is 288 Å². The maximum Gasteiger partial charge on any atom is 0.472 e. The van der Waals surface area contributed by atoms with Crippen LogP contribution in [0.1, 0.15) is 245 Å². The van der Waals surface area contributed by atoms with Crippen molar-refractivity contribution in [2.24, 2.45) is 0 Å². The fourth-order valence-electron chi connectivity index (χ4n) is 8.43. The Labute approximate surface area is 406 Å². The van der Waals surface area contributed by atoms with E-state index in [0.29, 0.717) is 19.3 Å². The number of hydrogen-bond donors (Lipinski definition) is 6. The highest BCUT2D eigenvalue weighted by Gasteiger charge is 2.51. The second kappa shape index (κ2) is 43.1. The summed E-state index contributed by atoms with van der Waals surface area (Å²) in [5.41, 5.74) is 0. The summed E-state index contributed by atoms with van der Waals surface area (Å²) < 4.78 is 33.6. The number of hydrogen-bond acceptors (Lipinski definition) is 12. The van der Waals surface area contributed by atoms with Gasteiger partial charge in [0.1, 0.15) is 43.2 Å². The Hall–Kier alpha value is -1.67. The number of phosphoric acid groups is 1. The molecule has 0 aromatic rings. The molecule has 1 saturated carbocycles. The topological polar surface area (TPSA) is 210 Å². The molecule has 1 fully saturated rings. The van der Waals surface area contributed by atoms with Crippen LogP contribution in [0.3, 0.4) is 0 Å². The van der Waals surface area contributed by atoms with E-state index >= 15 is 0 Å². The SMILES string of the molecule is CCCCCCCCCCCCCCCC/C=C/CC/C=C/CCCC(=O)O[C@H](COC(=O)CCCCCCCCCCCCCCCCC)COP(=O)(O)OC1C(O)C(O)C(O)[C@@H](O)C1O. The minimum atomic E-state index is -5.13. The third kappa shape index (κ3) is 35.1. The second-order valence-corrected chi connectivity index (χ2v) is 20.5. The van der Waals surface area contributed by atoms with Gasteiger partial charge < -0.3 is 39.9 Å². The summed E-state index contributed by atoms with van der Waals surface area (Å²) in [6, 6.07) is 0. The largest absolute Gasteiger partial charge is 0.472 e. The lowest BCUT2D eigenvalue weighted by molar-refractivity contribution is -0.220. The summed E-state index contributed by atoms with van der Waals surface area (Å²) in [6.45, 7) is 3.31. The highest BCUT2D eigenvalue weighted by atomic mass is 31.2. The molecule has 67 heavy (non-hydrogen) atoms. The van der Waals surface area contributed by atoms with Gasteiger partial charge in [-0.1, -0.05) is 212 Å². The van der Waals surface area contributed by atoms with Crippen molar-refractivity contribution >= 4 is 19.8 Å². The minimum Gasteiger partial charge on any atom is -0.462 e. The normalized spacial score (nSPS) is 21.3. The Bertz CT molecular complexity index is 1270. The first-order valence-corrected chi connectivity index (χ1v) is 28.6. The number of esters is 2. The first kappa shape index (κ1) is 63.3. The molecule has 6 unspecified atom stereocenters. The van der Waals surface area contributed by atoms with Crippen molar-refractivity contribution in [3.05, 3.63) is 24.3 Å². The van der Waals surface area contributed by atoms with E-state index in [1.807, 2.05) is 6.08 Å². The first-order valence-electron chi connectivity index (χ1n) is 27.1. The molecule has 13 nitrogen and oxygen atoms in total. The Morgan fingerprint density at radius 2 is 0.791 bits per heavy atom. The molecule has 0 aromatic heterocycles. The van der Waals surface area contributed by atoms with Crippen LogP contribution in [0.4, 0.5) is 0 Å². The predicted octanol–water partition coefficient (Wildman–Crippen LogP) is 12.0. The van der Waals surface area contributed by atoms with Gasteiger partial charge in [0.25, 0.3) is 0 Å². The Kier molecular flexibility index (Phi) is 40.8. The van der Waals surface area contributed by atoms with E-state index < -0.39 is 75.7 Å². The van der Waals surface area contributed by atoms with E-state index in [9.17, 15) is 44.6 Å². The molecule has 14 heteroatoms. The molecule has 0 amide bonds. The van der Waals surface area contributed by atoms with Gasteiger partial charge in [-0.2, -0.15) is 0 Å². The van der Waals surface area contributed by atoms with Gasteiger partial charge in [0, 0.05) is 12.8 Å². The first-order chi connectivity index (χ1) is 32.4. The summed E-state index contributed by atoms with van der Waals surface area (Å²) in [7, 11) is -5.13. The zero-order valence-corrected chi connectivity index (χ0v) is 43.1. The fourth-order valence-corrected chi connectivity index (χ4v) is 9.40. The minimum absolute atomic E-state index is 0.0405. The van der Waals surface area contributed by atoms with Crippen LogP contribution in [-0.2, 0) is 32.7 Å². The van der Waals surface area contributed by atoms with Crippen molar-refractivity contribution in [1.82, 2.24) is 0 Å². The third-order valence-electron chi connectivity index (χ3n) is 12.8. The second-order valence-electron chi connectivity index (χ2n) is 19.1. The molecule has 0 spiro atoms. The number of rotatable bonds is 46. The lowest BCUT2D eigenvalue weighted by Gasteiger charge is -2.41. The van der Waals surface area contributed by atoms with Gasteiger partial charge in [0.15, 0.2) is 6.10 Å². The van der Waals surface area contributed by atoms with Crippen molar-refractivity contribution in [3.8, 4) is 0 Å². The van der Waals surface area contributed by atoms with Crippen molar-refractivity contribution in [3.63, 3.8) is 0 Å². The summed E-state index contributed by atoms with van der Waals surface area (Å²) >= 11 is 0. The number of allylic oxidation sites excluding steroid dienone is 4. The Morgan fingerprint density at radius 1 is 0.448 bits per heavy atom. The number of carbonyl (C=O) groups is 2. The lowest BCUT2D eigenvalue weighted by atomic mass is 9.85. The average molecular weight is 975 g/mol. The van der Waals surface area contributed by atoms with Crippen LogP contribution in [0.25, 0.3) is 0 Å². The molecule has 0 aromatic carbocycles. The summed E-state index contributed by atoms with van der Waals surface area (Å²) in [6.07, 6.45) is 36.7. The molecule has 0 aliphatic heterocycles. The van der Waals surface area contributed by atoms with Crippen LogP contribution in [0.5, 0.6) is 0 Å². The zero-order valence-electron chi connectivity index (χ0n) is 42.2. The summed E-state index contributed by atoms with van der Waals surface area (Å²) in [4.78, 5) is 35.8. The van der Waals surface area contributed by atoms with Crippen LogP contribution >= 0.6 is 7.82 Å². The highest BCUT2D eigenvalue weighted by Crippen LogP contribution is 2.47. The van der Waals surface area contributed by atoms with Crippen molar-refractivity contribution in [1.29, 1.82) is 0 Å². The monoisotopic (exact) mass is 975 g/mol. The van der Waals surface area contributed by atoms with Gasteiger partial charge in [-0.25, -0.2) is 4.57 Å². The fraction of sp³-hybridized carbons (Fsp3) is 0.887. The van der Waals surface area contributed by atoms with E-state index in [4.69, 9.17) is 18.5 Å². The number of phosphoric ester groups is 1. The molecular weight excluding hydrogens is 876 g/mol. The third-order valence-corrected chi connectivity index (χ3v) is 13.8. The van der Waals surface area contributed by atoms with E-state index in [0.717, 1.165) is 38.5 Å². The van der Waals surface area contributed by atoms with Crippen molar-refractivity contribution in [2.75, 3.05) is 13.2 Å². The van der Waals surface area contributed by atoms with E-state index in [-0.39, 0.29) is 12.8 Å². The molecule has 0 bridgehead atoms. The molecule has 6 N–H and O–H groups in total. The summed E-state index contributed by atoms with van der Waals surface area (Å²) in [5, 5.41) is 50.3. The standard InChI is InChI=1S/C53H99O13P/c1-3-5-7-9-11-13-15-17-19-20-21-22-23-24-25-26-28-30-32-34-36-38-40-42-47(55)65-45(44-64-67(61,62)66-53-51(59)49(57)48(56)50(58)52(53)60)43-63-46(54)41-39-37-35-33-31-29-27-18-16-14-12-10-8-6-4-2/h26,28,34,36,45,48-53,56-60H,3-25,27,29-33,35,37-44H2,1-2H3,(H,61,62)/b28-26+,36-34+/t45-,48?,49-,50?,51?,52?,53?/m1/s1. The van der Waals surface area contributed by atoms with Crippen LogP contribution in [0.2, 0.25) is 0 Å². The van der Waals surface area contributed by atoms with Gasteiger partial charge in [-0.05, 0) is 44.9 Å². The molecule has 8 atom stereocenters. The Morgan fingerprint density at radius 3 is 1.22 bits per heavy atom. The van der Waals surface area contributed by atoms with E-state index in [1.54, 1.807) is 0 Å². The summed E-state index contributed by atoms with van der Waals surface area (Å²) in [5.74, 6) is -1.14.